The third kappa shape index (κ3) is 49.2. The van der Waals surface area contributed by atoms with Gasteiger partial charge in [-0.25, -0.2) is 0 Å². The Hall–Kier alpha value is -3.67. The summed E-state index contributed by atoms with van der Waals surface area (Å²) in [4.78, 5) is 37.9. The maximum Gasteiger partial charge on any atom is 0.306 e. The number of carbonyl (C=O) groups excluding carboxylic acids is 3. The Balaban J connectivity index is 4.37. The number of ether oxygens (including phenoxy) is 3. The van der Waals surface area contributed by atoms with Crippen molar-refractivity contribution in [2.24, 2.45) is 0 Å². The fourth-order valence-corrected chi connectivity index (χ4v) is 6.64. The van der Waals surface area contributed by atoms with Gasteiger partial charge in [-0.3, -0.25) is 14.4 Å². The summed E-state index contributed by atoms with van der Waals surface area (Å²) >= 11 is 0. The molecule has 0 bridgehead atoms. The monoisotopic (exact) mass is 875 g/mol. The van der Waals surface area contributed by atoms with Crippen LogP contribution in [0.25, 0.3) is 0 Å². The number of allylic oxidation sites excluding steroid dienone is 16. The summed E-state index contributed by atoms with van der Waals surface area (Å²) in [5.74, 6) is -0.945. The second-order valence-electron chi connectivity index (χ2n) is 16.7. The van der Waals surface area contributed by atoms with Crippen molar-refractivity contribution in [1.29, 1.82) is 0 Å². The van der Waals surface area contributed by atoms with Crippen molar-refractivity contribution in [1.82, 2.24) is 0 Å². The molecule has 0 saturated carbocycles. The summed E-state index contributed by atoms with van der Waals surface area (Å²) < 4.78 is 16.7. The molecule has 0 fully saturated rings. The minimum Gasteiger partial charge on any atom is -0.462 e. The van der Waals surface area contributed by atoms with Gasteiger partial charge in [0, 0.05) is 19.3 Å². The van der Waals surface area contributed by atoms with Crippen LogP contribution in [0.1, 0.15) is 226 Å². The first kappa shape index (κ1) is 59.3. The molecule has 358 valence electrons. The molecule has 1 unspecified atom stereocenters. The van der Waals surface area contributed by atoms with E-state index in [1.165, 1.54) is 51.4 Å². The molecule has 0 radical (unpaired) electrons. The van der Waals surface area contributed by atoms with Gasteiger partial charge in [-0.15, -0.1) is 0 Å². The van der Waals surface area contributed by atoms with E-state index >= 15 is 0 Å². The Morgan fingerprint density at radius 3 is 0.984 bits per heavy atom. The molecule has 0 aliphatic heterocycles. The van der Waals surface area contributed by atoms with E-state index in [0.29, 0.717) is 19.3 Å². The van der Waals surface area contributed by atoms with E-state index in [0.717, 1.165) is 135 Å². The smallest absolute Gasteiger partial charge is 0.306 e. The van der Waals surface area contributed by atoms with Crippen LogP contribution >= 0.6 is 0 Å². The van der Waals surface area contributed by atoms with Gasteiger partial charge in [0.25, 0.3) is 0 Å². The van der Waals surface area contributed by atoms with Gasteiger partial charge < -0.3 is 14.2 Å². The Labute approximate surface area is 387 Å². The zero-order chi connectivity index (χ0) is 45.8. The van der Waals surface area contributed by atoms with Crippen LogP contribution in [-0.2, 0) is 28.6 Å². The van der Waals surface area contributed by atoms with Crippen LogP contribution in [0.5, 0.6) is 0 Å². The lowest BCUT2D eigenvalue weighted by Gasteiger charge is -2.18. The normalized spacial score (nSPS) is 12.9. The highest BCUT2D eigenvalue weighted by molar-refractivity contribution is 5.71. The number of esters is 3. The number of carbonyl (C=O) groups is 3. The van der Waals surface area contributed by atoms with Crippen LogP contribution in [0.15, 0.2) is 97.2 Å². The largest absolute Gasteiger partial charge is 0.462 e. The number of hydrogen-bond donors (Lipinski definition) is 0. The molecule has 0 spiro atoms. The van der Waals surface area contributed by atoms with Crippen molar-refractivity contribution >= 4 is 17.9 Å². The third-order valence-corrected chi connectivity index (χ3v) is 10.5. The summed E-state index contributed by atoms with van der Waals surface area (Å²) in [6.07, 6.45) is 66.8. The summed E-state index contributed by atoms with van der Waals surface area (Å²) in [5.41, 5.74) is 0. The molecular formula is C57H94O6. The molecule has 63 heavy (non-hydrogen) atoms. The van der Waals surface area contributed by atoms with Crippen LogP contribution in [0.4, 0.5) is 0 Å². The van der Waals surface area contributed by atoms with E-state index in [-0.39, 0.29) is 31.1 Å². The van der Waals surface area contributed by atoms with Crippen LogP contribution < -0.4 is 0 Å². The number of unbranched alkanes of at least 4 members (excludes halogenated alkanes) is 18. The molecule has 0 saturated heterocycles. The predicted octanol–water partition coefficient (Wildman–Crippen LogP) is 17.0. The summed E-state index contributed by atoms with van der Waals surface area (Å²) in [6.45, 7) is 6.39. The van der Waals surface area contributed by atoms with Gasteiger partial charge >= 0.3 is 17.9 Å². The summed E-state index contributed by atoms with van der Waals surface area (Å²) in [6, 6.07) is 0. The Bertz CT molecular complexity index is 1280. The third-order valence-electron chi connectivity index (χ3n) is 10.5. The van der Waals surface area contributed by atoms with E-state index < -0.39 is 6.10 Å². The minimum absolute atomic E-state index is 0.0947. The lowest BCUT2D eigenvalue weighted by Crippen LogP contribution is -2.30. The Morgan fingerprint density at radius 2 is 0.619 bits per heavy atom. The molecule has 0 heterocycles. The van der Waals surface area contributed by atoms with Crippen LogP contribution in [-0.4, -0.2) is 37.2 Å². The molecule has 0 aromatic heterocycles. The van der Waals surface area contributed by atoms with Gasteiger partial charge in [0.2, 0.25) is 0 Å². The predicted molar refractivity (Wildman–Crippen MR) is 270 cm³/mol. The molecule has 0 N–H and O–H groups in total. The molecule has 0 aromatic rings. The second-order valence-corrected chi connectivity index (χ2v) is 16.7. The van der Waals surface area contributed by atoms with Gasteiger partial charge in [0.05, 0.1) is 0 Å². The van der Waals surface area contributed by atoms with E-state index in [2.05, 4.69) is 118 Å². The minimum atomic E-state index is -0.795. The van der Waals surface area contributed by atoms with E-state index in [4.69, 9.17) is 14.2 Å². The van der Waals surface area contributed by atoms with E-state index in [9.17, 15) is 14.4 Å². The molecule has 6 nitrogen and oxygen atoms in total. The molecule has 6 heteroatoms. The average molecular weight is 875 g/mol. The van der Waals surface area contributed by atoms with Crippen LogP contribution in [0.3, 0.4) is 0 Å². The molecule has 0 rings (SSSR count). The van der Waals surface area contributed by atoms with Gasteiger partial charge in [-0.2, -0.15) is 0 Å². The molecule has 0 amide bonds. The van der Waals surface area contributed by atoms with Crippen molar-refractivity contribution in [2.75, 3.05) is 13.2 Å². The standard InChI is InChI=1S/C57H94O6/c1-4-7-10-13-16-19-22-23-24-25-26-27-28-29-30-31-32-33-36-38-41-44-47-50-56(59)62-53-54(63-57(60)51-48-45-42-39-35-21-18-15-12-9-6-3)52-61-55(58)49-46-43-40-37-34-20-17-14-11-8-5-2/h7,10,14-19,23-24,26-27,29-30,32-33,54H,4-6,8-9,11-13,20-22,25,28,31,34-53H2,1-3H3/b10-7-,17-14-,18-15-,19-16-,24-23-,27-26-,30-29-,33-32-. The number of rotatable bonds is 45. The molecule has 0 aliphatic carbocycles. The van der Waals surface area contributed by atoms with Crippen molar-refractivity contribution in [3.8, 4) is 0 Å². The van der Waals surface area contributed by atoms with Gasteiger partial charge in [0.1, 0.15) is 13.2 Å². The van der Waals surface area contributed by atoms with Gasteiger partial charge in [0.15, 0.2) is 6.10 Å². The quantitative estimate of drug-likeness (QED) is 0.0262. The van der Waals surface area contributed by atoms with Crippen molar-refractivity contribution in [3.63, 3.8) is 0 Å². The topological polar surface area (TPSA) is 78.9 Å². The zero-order valence-corrected chi connectivity index (χ0v) is 40.8. The number of hydrogen-bond acceptors (Lipinski definition) is 6. The lowest BCUT2D eigenvalue weighted by molar-refractivity contribution is -0.167. The SMILES string of the molecule is CC/C=C\C/C=C\C/C=C\C/C=C\C/C=C\C/C=C\CCCCCCC(=O)OCC(COC(=O)CCCCCCC/C=C\CCCC)OC(=O)CCCCCCC/C=C\CCCC. The van der Waals surface area contributed by atoms with Crippen molar-refractivity contribution < 1.29 is 28.6 Å². The zero-order valence-electron chi connectivity index (χ0n) is 40.8. The fraction of sp³-hybridized carbons (Fsp3) is 0.667. The molecule has 0 aliphatic rings. The summed E-state index contributed by atoms with van der Waals surface area (Å²) in [7, 11) is 0. The Morgan fingerprint density at radius 1 is 0.333 bits per heavy atom. The maximum atomic E-state index is 12.7. The highest BCUT2D eigenvalue weighted by Gasteiger charge is 2.19. The van der Waals surface area contributed by atoms with Gasteiger partial charge in [-0.05, 0) is 109 Å². The second kappa shape index (κ2) is 51.0. The van der Waals surface area contributed by atoms with E-state index in [1.807, 2.05) is 0 Å². The van der Waals surface area contributed by atoms with Crippen molar-refractivity contribution in [3.05, 3.63) is 97.2 Å². The highest BCUT2D eigenvalue weighted by atomic mass is 16.6. The highest BCUT2D eigenvalue weighted by Crippen LogP contribution is 2.13. The van der Waals surface area contributed by atoms with Crippen molar-refractivity contribution in [2.45, 2.75) is 232 Å². The first-order chi connectivity index (χ1) is 31.0. The average Bonchev–Trinajstić information content (AvgIpc) is 3.28. The first-order valence-electron chi connectivity index (χ1n) is 25.7. The summed E-state index contributed by atoms with van der Waals surface area (Å²) in [5, 5.41) is 0. The molecule has 0 aromatic carbocycles. The van der Waals surface area contributed by atoms with Crippen LogP contribution in [0.2, 0.25) is 0 Å². The van der Waals surface area contributed by atoms with Gasteiger partial charge in [-0.1, -0.05) is 195 Å². The van der Waals surface area contributed by atoms with Crippen LogP contribution in [0, 0.1) is 0 Å². The fourth-order valence-electron chi connectivity index (χ4n) is 6.64. The maximum absolute atomic E-state index is 12.7. The Kier molecular flexibility index (Phi) is 48.0. The first-order valence-corrected chi connectivity index (χ1v) is 25.7. The van der Waals surface area contributed by atoms with E-state index in [1.54, 1.807) is 0 Å². The molecular weight excluding hydrogens is 781 g/mol. The molecule has 1 atom stereocenters. The lowest BCUT2D eigenvalue weighted by atomic mass is 10.1.